The van der Waals surface area contributed by atoms with Crippen molar-refractivity contribution in [2.45, 2.75) is 19.3 Å². The molecule has 1 amide bonds. The third-order valence-electron chi connectivity index (χ3n) is 6.13. The number of hydrogen-bond acceptors (Lipinski definition) is 8. The third-order valence-corrected chi connectivity index (χ3v) is 6.13. The van der Waals surface area contributed by atoms with Gasteiger partial charge in [-0.3, -0.25) is 14.8 Å². The first kappa shape index (κ1) is 25.2. The predicted octanol–water partition coefficient (Wildman–Crippen LogP) is 2.95. The monoisotopic (exact) mass is 491 g/mol. The van der Waals surface area contributed by atoms with E-state index >= 15 is 0 Å². The molecular formula is C26H33N7O3. The summed E-state index contributed by atoms with van der Waals surface area (Å²) in [6.45, 7) is 8.48. The van der Waals surface area contributed by atoms with Crippen LogP contribution in [0.2, 0.25) is 0 Å². The Morgan fingerprint density at radius 2 is 1.86 bits per heavy atom. The normalized spacial score (nSPS) is 14.2. The van der Waals surface area contributed by atoms with Crippen LogP contribution in [0.25, 0.3) is 0 Å². The van der Waals surface area contributed by atoms with Crippen LogP contribution >= 0.6 is 0 Å². The van der Waals surface area contributed by atoms with Gasteiger partial charge in [0.25, 0.3) is 5.91 Å². The van der Waals surface area contributed by atoms with Gasteiger partial charge in [0.1, 0.15) is 28.8 Å². The first-order valence-corrected chi connectivity index (χ1v) is 12.1. The van der Waals surface area contributed by atoms with Crippen LogP contribution in [0.4, 0.5) is 11.6 Å². The van der Waals surface area contributed by atoms with Crippen molar-refractivity contribution in [3.63, 3.8) is 0 Å². The summed E-state index contributed by atoms with van der Waals surface area (Å²) in [4.78, 5) is 26.1. The predicted molar refractivity (Wildman–Crippen MR) is 139 cm³/mol. The van der Waals surface area contributed by atoms with E-state index in [9.17, 15) is 4.79 Å². The van der Waals surface area contributed by atoms with E-state index in [0.29, 0.717) is 12.2 Å². The molecule has 3 aromatic rings. The van der Waals surface area contributed by atoms with Crippen LogP contribution in [0.1, 0.15) is 28.2 Å². The summed E-state index contributed by atoms with van der Waals surface area (Å²) in [6, 6.07) is 7.61. The number of rotatable bonds is 10. The first-order chi connectivity index (χ1) is 17.6. The largest absolute Gasteiger partial charge is 0.497 e. The number of aryl methyl sites for hydroxylation is 2. The number of methoxy groups -OCH3 is 2. The maximum Gasteiger partial charge on any atom is 0.277 e. The molecule has 1 aromatic carbocycles. The second kappa shape index (κ2) is 12.2. The number of ether oxygens (including phenoxy) is 2. The fourth-order valence-corrected chi connectivity index (χ4v) is 4.19. The molecule has 36 heavy (non-hydrogen) atoms. The second-order valence-corrected chi connectivity index (χ2v) is 8.64. The molecule has 0 saturated carbocycles. The van der Waals surface area contributed by atoms with Gasteiger partial charge in [-0.05, 0) is 37.0 Å². The highest BCUT2D eigenvalue weighted by atomic mass is 16.5. The lowest BCUT2D eigenvalue weighted by atomic mass is 10.1. The summed E-state index contributed by atoms with van der Waals surface area (Å²) in [5.74, 6) is 2.45. The van der Waals surface area contributed by atoms with Crippen molar-refractivity contribution in [1.29, 1.82) is 0 Å². The maximum absolute atomic E-state index is 12.7. The zero-order valence-electron chi connectivity index (χ0n) is 20.9. The fraction of sp³-hybridized carbons (Fsp3) is 0.385. The van der Waals surface area contributed by atoms with Gasteiger partial charge in [0.05, 0.1) is 32.3 Å². The Morgan fingerprint density at radius 1 is 1.06 bits per heavy atom. The van der Waals surface area contributed by atoms with Crippen molar-refractivity contribution in [1.82, 2.24) is 25.1 Å². The van der Waals surface area contributed by atoms with Crippen molar-refractivity contribution in [3.8, 4) is 11.5 Å². The number of aromatic nitrogens is 4. The lowest BCUT2D eigenvalue weighted by Crippen LogP contribution is -2.31. The second-order valence-electron chi connectivity index (χ2n) is 8.64. The molecule has 4 rings (SSSR count). The van der Waals surface area contributed by atoms with Crippen LogP contribution in [0, 0.1) is 0 Å². The highest BCUT2D eigenvalue weighted by Gasteiger charge is 2.17. The number of carbonyl (C=O) groups is 1. The van der Waals surface area contributed by atoms with Gasteiger partial charge in [-0.25, -0.2) is 9.97 Å². The maximum atomic E-state index is 12.7. The standard InChI is InChI=1S/C26H33N7O3/c1-4-8-32-9-5-10-33(12-11-32)25-18-27-23(17-28-25)26(34)29-24-15-20(30-31-24)7-6-19-13-21(35-2)16-22(14-19)36-3/h4,13-18H,1,5-12H2,2-3H3,(H2,29,30,31,34). The van der Waals surface area contributed by atoms with E-state index in [-0.39, 0.29) is 11.6 Å². The van der Waals surface area contributed by atoms with Crippen LogP contribution in [0.15, 0.2) is 49.3 Å². The van der Waals surface area contributed by atoms with Crippen LogP contribution in [-0.2, 0) is 12.8 Å². The molecular weight excluding hydrogens is 458 g/mol. The average Bonchev–Trinajstić information content (AvgIpc) is 3.22. The van der Waals surface area contributed by atoms with Crippen molar-refractivity contribution < 1.29 is 14.3 Å². The Labute approximate surface area is 211 Å². The summed E-state index contributed by atoms with van der Waals surface area (Å²) >= 11 is 0. The van der Waals surface area contributed by atoms with Gasteiger partial charge in [-0.1, -0.05) is 6.08 Å². The lowest BCUT2D eigenvalue weighted by molar-refractivity contribution is 0.102. The van der Waals surface area contributed by atoms with E-state index in [2.05, 4.69) is 41.9 Å². The molecule has 1 aliphatic heterocycles. The Hall–Kier alpha value is -3.92. The van der Waals surface area contributed by atoms with Crippen LogP contribution in [0.3, 0.4) is 0 Å². The van der Waals surface area contributed by atoms with Gasteiger partial charge in [0.2, 0.25) is 0 Å². The Kier molecular flexibility index (Phi) is 8.51. The molecule has 0 atom stereocenters. The summed E-state index contributed by atoms with van der Waals surface area (Å²) in [7, 11) is 3.26. The summed E-state index contributed by atoms with van der Waals surface area (Å²) in [5, 5.41) is 10.00. The van der Waals surface area contributed by atoms with Gasteiger partial charge >= 0.3 is 0 Å². The molecule has 0 spiro atoms. The number of H-pyrrole nitrogens is 1. The van der Waals surface area contributed by atoms with Gasteiger partial charge in [-0.2, -0.15) is 5.10 Å². The molecule has 3 heterocycles. The molecule has 2 aromatic heterocycles. The van der Waals surface area contributed by atoms with E-state index in [0.717, 1.165) is 74.1 Å². The zero-order chi connectivity index (χ0) is 25.3. The number of anilines is 2. The average molecular weight is 492 g/mol. The summed E-state index contributed by atoms with van der Waals surface area (Å²) in [5.41, 5.74) is 2.16. The van der Waals surface area contributed by atoms with Gasteiger partial charge in [0, 0.05) is 44.9 Å². The minimum atomic E-state index is -0.338. The number of aromatic amines is 1. The zero-order valence-corrected chi connectivity index (χ0v) is 20.9. The van der Waals surface area contributed by atoms with Crippen LogP contribution < -0.4 is 19.7 Å². The van der Waals surface area contributed by atoms with Gasteiger partial charge < -0.3 is 19.7 Å². The SMILES string of the molecule is C=CCN1CCCN(c2cnc(C(=O)Nc3cc(CCc4cc(OC)cc(OC)c4)n[nH]3)cn2)CC1. The lowest BCUT2D eigenvalue weighted by Gasteiger charge is -2.21. The minimum Gasteiger partial charge on any atom is -0.497 e. The number of hydrogen-bond donors (Lipinski definition) is 2. The quantitative estimate of drug-likeness (QED) is 0.417. The molecule has 190 valence electrons. The van der Waals surface area contributed by atoms with Crippen molar-refractivity contribution >= 4 is 17.5 Å². The summed E-state index contributed by atoms with van der Waals surface area (Å²) in [6.07, 6.45) is 7.61. The smallest absolute Gasteiger partial charge is 0.277 e. The van der Waals surface area contributed by atoms with E-state index < -0.39 is 0 Å². The Bertz CT molecular complexity index is 1140. The summed E-state index contributed by atoms with van der Waals surface area (Å²) < 4.78 is 10.7. The Balaban J connectivity index is 1.31. The van der Waals surface area contributed by atoms with E-state index in [1.165, 1.54) is 6.20 Å². The highest BCUT2D eigenvalue weighted by molar-refractivity contribution is 6.02. The molecule has 0 unspecified atom stereocenters. The molecule has 0 bridgehead atoms. The number of nitrogens with zero attached hydrogens (tertiary/aromatic N) is 5. The molecule has 1 fully saturated rings. The number of amides is 1. The van der Waals surface area contributed by atoms with E-state index in [1.54, 1.807) is 20.4 Å². The van der Waals surface area contributed by atoms with Crippen LogP contribution in [-0.4, -0.2) is 77.9 Å². The van der Waals surface area contributed by atoms with E-state index in [1.807, 2.05) is 30.3 Å². The first-order valence-electron chi connectivity index (χ1n) is 12.1. The molecule has 1 saturated heterocycles. The van der Waals surface area contributed by atoms with Crippen molar-refractivity contribution in [2.24, 2.45) is 0 Å². The van der Waals surface area contributed by atoms with Gasteiger partial charge in [-0.15, -0.1) is 6.58 Å². The number of nitrogens with one attached hydrogen (secondary N) is 2. The van der Waals surface area contributed by atoms with Crippen LogP contribution in [0.5, 0.6) is 11.5 Å². The molecule has 0 aliphatic carbocycles. The topological polar surface area (TPSA) is 109 Å². The molecule has 2 N–H and O–H groups in total. The fourth-order valence-electron chi connectivity index (χ4n) is 4.19. The third kappa shape index (κ3) is 6.60. The van der Waals surface area contributed by atoms with Gasteiger partial charge in [0.15, 0.2) is 0 Å². The molecule has 10 heteroatoms. The van der Waals surface area contributed by atoms with Crippen molar-refractivity contribution in [2.75, 3.05) is 57.2 Å². The van der Waals surface area contributed by atoms with E-state index in [4.69, 9.17) is 9.47 Å². The minimum absolute atomic E-state index is 0.251. The van der Waals surface area contributed by atoms with Crippen molar-refractivity contribution in [3.05, 3.63) is 66.3 Å². The molecule has 1 aliphatic rings. The molecule has 0 radical (unpaired) electrons. The highest BCUT2D eigenvalue weighted by Crippen LogP contribution is 2.23. The number of benzene rings is 1. The molecule has 10 nitrogen and oxygen atoms in total. The Morgan fingerprint density at radius 3 is 2.56 bits per heavy atom. The number of carbonyl (C=O) groups excluding carboxylic acids is 1.